The molecule has 6 nitrogen and oxygen atoms in total. The highest BCUT2D eigenvalue weighted by Crippen LogP contribution is 2.26. The lowest BCUT2D eigenvalue weighted by Gasteiger charge is -2.20. The third-order valence-corrected chi connectivity index (χ3v) is 6.83. The van der Waals surface area contributed by atoms with E-state index in [-0.39, 0.29) is 0 Å². The Morgan fingerprint density at radius 1 is 0.759 bits per heavy atom. The zero-order valence-electron chi connectivity index (χ0n) is 16.0. The van der Waals surface area contributed by atoms with E-state index in [1.165, 1.54) is 0 Å². The lowest BCUT2D eigenvalue weighted by molar-refractivity contribution is 0.244. The van der Waals surface area contributed by atoms with E-state index in [1.807, 2.05) is 24.3 Å². The van der Waals surface area contributed by atoms with Crippen LogP contribution in [0.25, 0.3) is 21.5 Å². The average Bonchev–Trinajstić information content (AvgIpc) is 3.51. The van der Waals surface area contributed by atoms with Crippen LogP contribution in [0.5, 0.6) is 0 Å². The van der Waals surface area contributed by atoms with Gasteiger partial charge in [-0.3, -0.25) is 9.80 Å². The van der Waals surface area contributed by atoms with Crippen molar-refractivity contribution < 1.29 is 8.83 Å². The summed E-state index contributed by atoms with van der Waals surface area (Å²) in [7, 11) is 0. The van der Waals surface area contributed by atoms with E-state index in [1.54, 1.807) is 35.2 Å². The zero-order chi connectivity index (χ0) is 19.5. The van der Waals surface area contributed by atoms with Crippen molar-refractivity contribution in [2.45, 2.75) is 19.5 Å². The van der Waals surface area contributed by atoms with E-state index in [9.17, 15) is 0 Å². The molecule has 1 fully saturated rings. The molecule has 0 unspecified atom stereocenters. The second-order valence-corrected chi connectivity index (χ2v) is 8.86. The van der Waals surface area contributed by atoms with Crippen LogP contribution >= 0.6 is 22.7 Å². The minimum absolute atomic E-state index is 0.848. The third kappa shape index (κ3) is 4.51. The van der Waals surface area contributed by atoms with Gasteiger partial charge in [-0.05, 0) is 43.8 Å². The molecule has 5 heterocycles. The summed E-state index contributed by atoms with van der Waals surface area (Å²) in [4.78, 5) is 14.5. The van der Waals surface area contributed by atoms with Crippen molar-refractivity contribution in [1.29, 1.82) is 0 Å². The number of hydrogen-bond donors (Lipinski definition) is 0. The van der Waals surface area contributed by atoms with E-state index in [0.29, 0.717) is 0 Å². The SMILES string of the molecule is c1coc(-c2nc(CN3CCCN(Cc4csc(-c5ccco5)n4)CC3)cs2)c1. The van der Waals surface area contributed by atoms with E-state index < -0.39 is 0 Å². The lowest BCUT2D eigenvalue weighted by atomic mass is 10.3. The first kappa shape index (κ1) is 18.7. The molecule has 0 radical (unpaired) electrons. The van der Waals surface area contributed by atoms with Gasteiger partial charge in [-0.15, -0.1) is 22.7 Å². The molecule has 150 valence electrons. The summed E-state index contributed by atoms with van der Waals surface area (Å²) in [6.45, 7) is 6.07. The van der Waals surface area contributed by atoms with Crippen LogP contribution in [-0.4, -0.2) is 45.9 Å². The van der Waals surface area contributed by atoms with Crippen LogP contribution in [0, 0.1) is 0 Å². The maximum atomic E-state index is 5.46. The normalized spacial score (nSPS) is 16.3. The Morgan fingerprint density at radius 2 is 1.28 bits per heavy atom. The molecule has 0 amide bonds. The molecule has 1 aliphatic heterocycles. The Morgan fingerprint density at radius 3 is 1.72 bits per heavy atom. The van der Waals surface area contributed by atoms with Crippen LogP contribution in [0.3, 0.4) is 0 Å². The first-order valence-corrected chi connectivity index (χ1v) is 11.5. The number of aromatic nitrogens is 2. The molecule has 1 saturated heterocycles. The second kappa shape index (κ2) is 8.62. The van der Waals surface area contributed by atoms with Gasteiger partial charge in [0.1, 0.15) is 0 Å². The van der Waals surface area contributed by atoms with Crippen LogP contribution < -0.4 is 0 Å². The maximum absolute atomic E-state index is 5.46. The molecule has 5 rings (SSSR count). The van der Waals surface area contributed by atoms with Gasteiger partial charge >= 0.3 is 0 Å². The van der Waals surface area contributed by atoms with Crippen LogP contribution in [-0.2, 0) is 13.1 Å². The molecule has 0 spiro atoms. The molecule has 0 aromatic carbocycles. The summed E-state index contributed by atoms with van der Waals surface area (Å²) in [5, 5.41) is 6.20. The van der Waals surface area contributed by atoms with Crippen LogP contribution in [0.2, 0.25) is 0 Å². The molecular formula is C21H22N4O2S2. The summed E-state index contributed by atoms with van der Waals surface area (Å²) in [5.41, 5.74) is 2.25. The van der Waals surface area contributed by atoms with Gasteiger partial charge in [-0.2, -0.15) is 0 Å². The monoisotopic (exact) mass is 426 g/mol. The van der Waals surface area contributed by atoms with Gasteiger partial charge in [0, 0.05) is 36.9 Å². The highest BCUT2D eigenvalue weighted by atomic mass is 32.1. The lowest BCUT2D eigenvalue weighted by Crippen LogP contribution is -2.30. The molecule has 0 bridgehead atoms. The van der Waals surface area contributed by atoms with E-state index >= 15 is 0 Å². The molecule has 0 atom stereocenters. The summed E-state index contributed by atoms with van der Waals surface area (Å²) < 4.78 is 10.9. The molecule has 8 heteroatoms. The van der Waals surface area contributed by atoms with Gasteiger partial charge in [0.25, 0.3) is 0 Å². The Balaban J connectivity index is 1.16. The van der Waals surface area contributed by atoms with Gasteiger partial charge in [0.05, 0.1) is 23.9 Å². The Labute approximate surface area is 177 Å². The minimum atomic E-state index is 0.848. The molecule has 1 aliphatic rings. The van der Waals surface area contributed by atoms with Crippen molar-refractivity contribution in [3.05, 3.63) is 58.9 Å². The smallest absolute Gasteiger partial charge is 0.162 e. The van der Waals surface area contributed by atoms with Crippen molar-refractivity contribution >= 4 is 22.7 Å². The van der Waals surface area contributed by atoms with Crippen molar-refractivity contribution in [3.63, 3.8) is 0 Å². The largest absolute Gasteiger partial charge is 0.462 e. The fourth-order valence-electron chi connectivity index (χ4n) is 3.58. The quantitative estimate of drug-likeness (QED) is 0.440. The summed E-state index contributed by atoms with van der Waals surface area (Å²) >= 11 is 3.30. The van der Waals surface area contributed by atoms with Gasteiger partial charge in [0.2, 0.25) is 0 Å². The van der Waals surface area contributed by atoms with Crippen molar-refractivity contribution in [2.75, 3.05) is 26.2 Å². The van der Waals surface area contributed by atoms with Crippen LogP contribution in [0.15, 0.2) is 56.4 Å². The molecule has 4 aromatic rings. The number of furan rings is 2. The minimum Gasteiger partial charge on any atom is -0.462 e. The first-order chi connectivity index (χ1) is 14.3. The second-order valence-electron chi connectivity index (χ2n) is 7.15. The van der Waals surface area contributed by atoms with E-state index in [4.69, 9.17) is 18.8 Å². The van der Waals surface area contributed by atoms with Crippen molar-refractivity contribution in [1.82, 2.24) is 19.8 Å². The van der Waals surface area contributed by atoms with Gasteiger partial charge < -0.3 is 8.83 Å². The third-order valence-electron chi connectivity index (χ3n) is 5.02. The molecule has 29 heavy (non-hydrogen) atoms. The highest BCUT2D eigenvalue weighted by Gasteiger charge is 2.18. The Hall–Kier alpha value is -2.26. The fourth-order valence-corrected chi connectivity index (χ4v) is 5.14. The van der Waals surface area contributed by atoms with Gasteiger partial charge in [-0.25, -0.2) is 9.97 Å². The van der Waals surface area contributed by atoms with Gasteiger partial charge in [0.15, 0.2) is 21.5 Å². The Kier molecular flexibility index (Phi) is 5.58. The molecule has 0 aliphatic carbocycles. The Bertz CT molecular complexity index is 941. The summed E-state index contributed by atoms with van der Waals surface area (Å²) in [6.07, 6.45) is 4.55. The predicted molar refractivity (Wildman–Crippen MR) is 115 cm³/mol. The number of rotatable bonds is 6. The van der Waals surface area contributed by atoms with Crippen LogP contribution in [0.1, 0.15) is 17.8 Å². The van der Waals surface area contributed by atoms with Gasteiger partial charge in [-0.1, -0.05) is 0 Å². The summed E-state index contributed by atoms with van der Waals surface area (Å²) in [6, 6.07) is 7.73. The molecular weight excluding hydrogens is 404 g/mol. The molecule has 0 saturated carbocycles. The number of nitrogens with zero attached hydrogens (tertiary/aromatic N) is 4. The highest BCUT2D eigenvalue weighted by molar-refractivity contribution is 7.13. The van der Waals surface area contributed by atoms with E-state index in [0.717, 1.165) is 78.6 Å². The fraction of sp³-hybridized carbons (Fsp3) is 0.333. The first-order valence-electron chi connectivity index (χ1n) is 9.75. The summed E-state index contributed by atoms with van der Waals surface area (Å²) in [5.74, 6) is 1.70. The van der Waals surface area contributed by atoms with Crippen molar-refractivity contribution in [2.24, 2.45) is 0 Å². The topological polar surface area (TPSA) is 58.5 Å². The number of hydrogen-bond acceptors (Lipinski definition) is 8. The standard InChI is InChI=1S/C21H22N4O2S2/c1-4-18(26-10-1)20-22-16(14-28-20)12-24-6-3-7-25(9-8-24)13-17-15-29-21(23-17)19-5-2-11-27-19/h1-2,4-5,10-11,14-15H,3,6-9,12-13H2. The zero-order valence-corrected chi connectivity index (χ0v) is 17.6. The maximum Gasteiger partial charge on any atom is 0.162 e. The van der Waals surface area contributed by atoms with Crippen molar-refractivity contribution in [3.8, 4) is 21.5 Å². The number of thiazole rings is 2. The molecule has 4 aromatic heterocycles. The van der Waals surface area contributed by atoms with Crippen LogP contribution in [0.4, 0.5) is 0 Å². The average molecular weight is 427 g/mol. The predicted octanol–water partition coefficient (Wildman–Crippen LogP) is 4.83. The molecule has 0 N–H and O–H groups in total. The van der Waals surface area contributed by atoms with E-state index in [2.05, 4.69) is 20.6 Å².